The Morgan fingerprint density at radius 2 is 2.15 bits per heavy atom. The fourth-order valence-electron chi connectivity index (χ4n) is 2.30. The van der Waals surface area contributed by atoms with Gasteiger partial charge in [0.05, 0.1) is 17.6 Å². The van der Waals surface area contributed by atoms with Crippen LogP contribution >= 0.6 is 0 Å². The van der Waals surface area contributed by atoms with E-state index in [0.717, 1.165) is 24.3 Å². The standard InChI is InChI=1S/C16H16N2O2/c19-16(9-8-13-5-3-12-20-13)18-11-4-10-17-14-6-1-2-7-15(14)18/h1-3,5-9,12,17H,4,10-11H2/b9-8+. The Labute approximate surface area is 117 Å². The van der Waals surface area contributed by atoms with Gasteiger partial charge in [0, 0.05) is 19.2 Å². The summed E-state index contributed by atoms with van der Waals surface area (Å²) in [5, 5.41) is 3.34. The van der Waals surface area contributed by atoms with E-state index in [9.17, 15) is 4.79 Å². The number of amides is 1. The summed E-state index contributed by atoms with van der Waals surface area (Å²) in [4.78, 5) is 14.2. The maximum Gasteiger partial charge on any atom is 0.251 e. The van der Waals surface area contributed by atoms with Gasteiger partial charge in [0.25, 0.3) is 5.91 Å². The highest BCUT2D eigenvalue weighted by molar-refractivity contribution is 6.05. The third-order valence-electron chi connectivity index (χ3n) is 3.27. The molecule has 20 heavy (non-hydrogen) atoms. The largest absolute Gasteiger partial charge is 0.465 e. The molecule has 102 valence electrons. The Balaban J connectivity index is 1.84. The summed E-state index contributed by atoms with van der Waals surface area (Å²) in [6, 6.07) is 11.5. The van der Waals surface area contributed by atoms with Gasteiger partial charge >= 0.3 is 0 Å². The molecule has 0 bridgehead atoms. The van der Waals surface area contributed by atoms with Crippen LogP contribution in [0.1, 0.15) is 12.2 Å². The van der Waals surface area contributed by atoms with E-state index in [1.807, 2.05) is 30.3 Å². The van der Waals surface area contributed by atoms with E-state index in [1.165, 1.54) is 0 Å². The molecule has 1 aromatic heterocycles. The summed E-state index contributed by atoms with van der Waals surface area (Å²) in [6.45, 7) is 1.59. The fraction of sp³-hybridized carbons (Fsp3) is 0.188. The number of furan rings is 1. The minimum absolute atomic E-state index is 0.0300. The van der Waals surface area contributed by atoms with Gasteiger partial charge in [0.2, 0.25) is 0 Å². The predicted molar refractivity (Wildman–Crippen MR) is 79.6 cm³/mol. The van der Waals surface area contributed by atoms with Crippen LogP contribution in [0.4, 0.5) is 11.4 Å². The number of nitrogens with zero attached hydrogens (tertiary/aromatic N) is 1. The van der Waals surface area contributed by atoms with E-state index in [-0.39, 0.29) is 5.91 Å². The van der Waals surface area contributed by atoms with Gasteiger partial charge in [-0.15, -0.1) is 0 Å². The van der Waals surface area contributed by atoms with Crippen molar-refractivity contribution in [3.8, 4) is 0 Å². The van der Waals surface area contributed by atoms with Crippen molar-refractivity contribution in [2.24, 2.45) is 0 Å². The van der Waals surface area contributed by atoms with Crippen molar-refractivity contribution < 1.29 is 9.21 Å². The van der Waals surface area contributed by atoms with Gasteiger partial charge in [-0.1, -0.05) is 12.1 Å². The van der Waals surface area contributed by atoms with Crippen LogP contribution in [0.15, 0.2) is 53.2 Å². The third kappa shape index (κ3) is 2.59. The molecule has 1 amide bonds. The average Bonchev–Trinajstić information content (AvgIpc) is 2.90. The molecule has 4 heteroatoms. The minimum atomic E-state index is -0.0300. The Hall–Kier alpha value is -2.49. The van der Waals surface area contributed by atoms with Crippen molar-refractivity contribution in [2.45, 2.75) is 6.42 Å². The molecule has 2 heterocycles. The van der Waals surface area contributed by atoms with Gasteiger partial charge in [-0.25, -0.2) is 0 Å². The maximum atomic E-state index is 12.4. The Bertz CT molecular complexity index is 617. The second-order valence-electron chi connectivity index (χ2n) is 4.64. The first-order chi connectivity index (χ1) is 9.84. The number of hydrogen-bond acceptors (Lipinski definition) is 3. The zero-order valence-corrected chi connectivity index (χ0v) is 11.1. The van der Waals surface area contributed by atoms with Gasteiger partial charge in [-0.05, 0) is 36.8 Å². The summed E-state index contributed by atoms with van der Waals surface area (Å²) in [7, 11) is 0. The Kier molecular flexibility index (Phi) is 3.54. The summed E-state index contributed by atoms with van der Waals surface area (Å²) < 4.78 is 5.20. The number of rotatable bonds is 2. The van der Waals surface area contributed by atoms with Crippen LogP contribution < -0.4 is 10.2 Å². The van der Waals surface area contributed by atoms with Gasteiger partial charge in [-0.3, -0.25) is 4.79 Å². The van der Waals surface area contributed by atoms with Crippen LogP contribution in [-0.2, 0) is 4.79 Å². The van der Waals surface area contributed by atoms with E-state index in [1.54, 1.807) is 29.4 Å². The molecule has 1 aromatic carbocycles. The van der Waals surface area contributed by atoms with E-state index >= 15 is 0 Å². The smallest absolute Gasteiger partial charge is 0.251 e. The summed E-state index contributed by atoms with van der Waals surface area (Å²) >= 11 is 0. The molecular weight excluding hydrogens is 252 g/mol. The molecule has 0 saturated heterocycles. The Morgan fingerprint density at radius 3 is 3.00 bits per heavy atom. The highest BCUT2D eigenvalue weighted by atomic mass is 16.3. The number of anilines is 2. The molecule has 0 saturated carbocycles. The number of para-hydroxylation sites is 2. The highest BCUT2D eigenvalue weighted by Crippen LogP contribution is 2.28. The van der Waals surface area contributed by atoms with E-state index in [4.69, 9.17) is 4.42 Å². The lowest BCUT2D eigenvalue weighted by atomic mass is 10.2. The number of carbonyl (C=O) groups is 1. The molecule has 0 spiro atoms. The van der Waals surface area contributed by atoms with Crippen LogP contribution in [0.2, 0.25) is 0 Å². The molecule has 1 aliphatic rings. The molecule has 2 aromatic rings. The topological polar surface area (TPSA) is 45.5 Å². The van der Waals surface area contributed by atoms with E-state index in [0.29, 0.717) is 12.3 Å². The number of hydrogen-bond donors (Lipinski definition) is 1. The molecular formula is C16H16N2O2. The molecule has 0 aliphatic carbocycles. The maximum absolute atomic E-state index is 12.4. The van der Waals surface area contributed by atoms with Gasteiger partial charge in [0.1, 0.15) is 5.76 Å². The molecule has 1 aliphatic heterocycles. The number of fused-ring (bicyclic) bond motifs is 1. The monoisotopic (exact) mass is 268 g/mol. The second-order valence-corrected chi connectivity index (χ2v) is 4.64. The van der Waals surface area contributed by atoms with Gasteiger partial charge in [0.15, 0.2) is 0 Å². The van der Waals surface area contributed by atoms with Crippen molar-refractivity contribution in [3.05, 3.63) is 54.5 Å². The first-order valence-electron chi connectivity index (χ1n) is 6.70. The molecule has 3 rings (SSSR count). The molecule has 4 nitrogen and oxygen atoms in total. The Morgan fingerprint density at radius 1 is 1.25 bits per heavy atom. The van der Waals surface area contributed by atoms with E-state index < -0.39 is 0 Å². The fourth-order valence-corrected chi connectivity index (χ4v) is 2.30. The quantitative estimate of drug-likeness (QED) is 0.851. The van der Waals surface area contributed by atoms with Gasteiger partial charge < -0.3 is 14.6 Å². The average molecular weight is 268 g/mol. The second kappa shape index (κ2) is 5.65. The first kappa shape index (κ1) is 12.5. The van der Waals surface area contributed by atoms with Gasteiger partial charge in [-0.2, -0.15) is 0 Å². The van der Waals surface area contributed by atoms with Crippen LogP contribution in [0.5, 0.6) is 0 Å². The van der Waals surface area contributed by atoms with Crippen molar-refractivity contribution in [1.29, 1.82) is 0 Å². The molecule has 0 unspecified atom stereocenters. The predicted octanol–water partition coefficient (Wildman–Crippen LogP) is 3.14. The lowest BCUT2D eigenvalue weighted by Crippen LogP contribution is -2.29. The summed E-state index contributed by atoms with van der Waals surface area (Å²) in [6.07, 6.45) is 5.77. The first-order valence-corrected chi connectivity index (χ1v) is 6.70. The highest BCUT2D eigenvalue weighted by Gasteiger charge is 2.18. The van der Waals surface area contributed by atoms with Crippen LogP contribution in [-0.4, -0.2) is 19.0 Å². The minimum Gasteiger partial charge on any atom is -0.465 e. The summed E-state index contributed by atoms with van der Waals surface area (Å²) in [5.74, 6) is 0.650. The number of nitrogens with one attached hydrogen (secondary N) is 1. The van der Waals surface area contributed by atoms with Crippen molar-refractivity contribution in [1.82, 2.24) is 0 Å². The van der Waals surface area contributed by atoms with Crippen molar-refractivity contribution in [3.63, 3.8) is 0 Å². The van der Waals surface area contributed by atoms with Crippen LogP contribution in [0.25, 0.3) is 6.08 Å². The number of carbonyl (C=O) groups excluding carboxylic acids is 1. The van der Waals surface area contributed by atoms with E-state index in [2.05, 4.69) is 5.32 Å². The number of benzene rings is 1. The van der Waals surface area contributed by atoms with Crippen molar-refractivity contribution in [2.75, 3.05) is 23.3 Å². The van der Waals surface area contributed by atoms with Crippen molar-refractivity contribution >= 4 is 23.4 Å². The lowest BCUT2D eigenvalue weighted by Gasteiger charge is -2.20. The summed E-state index contributed by atoms with van der Waals surface area (Å²) in [5.41, 5.74) is 1.93. The third-order valence-corrected chi connectivity index (χ3v) is 3.27. The van der Waals surface area contributed by atoms with Crippen LogP contribution in [0.3, 0.4) is 0 Å². The zero-order valence-electron chi connectivity index (χ0n) is 11.1. The zero-order chi connectivity index (χ0) is 13.8. The molecule has 1 N–H and O–H groups in total. The lowest BCUT2D eigenvalue weighted by molar-refractivity contribution is -0.114. The van der Waals surface area contributed by atoms with Crippen LogP contribution in [0, 0.1) is 0 Å². The molecule has 0 radical (unpaired) electrons. The molecule has 0 fully saturated rings. The SMILES string of the molecule is O=C(/C=C/c1ccco1)N1CCCNc2ccccc21. The normalized spacial score (nSPS) is 14.7. The molecule has 0 atom stereocenters.